The van der Waals surface area contributed by atoms with Crippen LogP contribution in [0.1, 0.15) is 16.7 Å². The van der Waals surface area contributed by atoms with E-state index in [-0.39, 0.29) is 22.2 Å². The Labute approximate surface area is 187 Å². The fraction of sp³-hybridized carbons (Fsp3) is 0.200. The monoisotopic (exact) mass is 486 g/mol. The van der Waals surface area contributed by atoms with Crippen molar-refractivity contribution >= 4 is 45.5 Å². The van der Waals surface area contributed by atoms with Gasteiger partial charge in [-0.3, -0.25) is 4.21 Å². The molecule has 3 aromatic rings. The van der Waals surface area contributed by atoms with Crippen LogP contribution in [-0.2, 0) is 22.7 Å². The van der Waals surface area contributed by atoms with Gasteiger partial charge in [0.1, 0.15) is 11.1 Å². The zero-order chi connectivity index (χ0) is 21.7. The fourth-order valence-electron chi connectivity index (χ4n) is 2.58. The van der Waals surface area contributed by atoms with E-state index in [0.29, 0.717) is 15.7 Å². The first-order valence-corrected chi connectivity index (χ1v) is 12.3. The second kappa shape index (κ2) is 9.96. The van der Waals surface area contributed by atoms with Crippen LogP contribution in [0.3, 0.4) is 0 Å². The van der Waals surface area contributed by atoms with Crippen molar-refractivity contribution in [3.8, 4) is 16.6 Å². The van der Waals surface area contributed by atoms with E-state index in [0.717, 1.165) is 23.4 Å². The molecule has 3 rings (SSSR count). The van der Waals surface area contributed by atoms with Crippen molar-refractivity contribution in [2.75, 3.05) is 11.5 Å². The van der Waals surface area contributed by atoms with E-state index >= 15 is 0 Å². The van der Waals surface area contributed by atoms with Gasteiger partial charge >= 0.3 is 6.18 Å². The SMILES string of the molecule is N#Cc1c(C(F)(F)F)cc(-c2cccs2)nc1SCCS(=O)Cc1ccc(Cl)cc1. The zero-order valence-corrected chi connectivity index (χ0v) is 18.5. The lowest BCUT2D eigenvalue weighted by Gasteiger charge is -2.13. The average Bonchev–Trinajstić information content (AvgIpc) is 3.23. The number of rotatable bonds is 7. The third-order valence-corrected chi connectivity index (χ3v) is 7.66. The van der Waals surface area contributed by atoms with E-state index in [1.807, 2.05) is 0 Å². The van der Waals surface area contributed by atoms with Crippen LogP contribution in [0.4, 0.5) is 13.2 Å². The molecule has 0 N–H and O–H groups in total. The van der Waals surface area contributed by atoms with Gasteiger partial charge in [0.05, 0.1) is 21.7 Å². The molecular weight excluding hydrogens is 473 g/mol. The first kappa shape index (κ1) is 22.8. The third-order valence-electron chi connectivity index (χ3n) is 3.97. The van der Waals surface area contributed by atoms with Crippen LogP contribution in [-0.4, -0.2) is 20.7 Å². The van der Waals surface area contributed by atoms with Crippen molar-refractivity contribution < 1.29 is 17.4 Å². The van der Waals surface area contributed by atoms with Crippen LogP contribution in [0.5, 0.6) is 0 Å². The van der Waals surface area contributed by atoms with Crippen LogP contribution in [0.2, 0.25) is 5.02 Å². The topological polar surface area (TPSA) is 53.8 Å². The maximum atomic E-state index is 13.5. The second-order valence-electron chi connectivity index (χ2n) is 6.09. The molecule has 0 saturated heterocycles. The Balaban J connectivity index is 1.77. The molecule has 1 unspecified atom stereocenters. The van der Waals surface area contributed by atoms with Crippen molar-refractivity contribution in [1.82, 2.24) is 4.98 Å². The van der Waals surface area contributed by atoms with Crippen molar-refractivity contribution in [2.45, 2.75) is 17.0 Å². The molecule has 0 aliphatic heterocycles. The molecule has 0 spiro atoms. The highest BCUT2D eigenvalue weighted by molar-refractivity contribution is 8.00. The molecule has 2 aromatic heterocycles. The summed E-state index contributed by atoms with van der Waals surface area (Å²) in [4.78, 5) is 4.87. The average molecular weight is 487 g/mol. The van der Waals surface area contributed by atoms with E-state index in [2.05, 4.69) is 4.98 Å². The Morgan fingerprint density at radius 2 is 1.97 bits per heavy atom. The largest absolute Gasteiger partial charge is 0.417 e. The van der Waals surface area contributed by atoms with Gasteiger partial charge in [-0.15, -0.1) is 23.1 Å². The standard InChI is InChI=1S/C20H14ClF3N2OS3/c21-14-5-3-13(4-6-14)12-30(27)9-8-29-19-15(11-25)16(20(22,23)24)10-17(26-19)18-2-1-7-28-18/h1-7,10H,8-9,12H2. The van der Waals surface area contributed by atoms with Gasteiger partial charge < -0.3 is 0 Å². The zero-order valence-electron chi connectivity index (χ0n) is 15.3. The number of benzene rings is 1. The molecule has 0 bridgehead atoms. The minimum atomic E-state index is -4.67. The normalized spacial score (nSPS) is 12.5. The molecule has 0 fully saturated rings. The Morgan fingerprint density at radius 1 is 1.23 bits per heavy atom. The van der Waals surface area contributed by atoms with Gasteiger partial charge in [-0.25, -0.2) is 4.98 Å². The van der Waals surface area contributed by atoms with E-state index in [1.165, 1.54) is 11.3 Å². The van der Waals surface area contributed by atoms with Gasteiger partial charge in [0, 0.05) is 33.1 Å². The van der Waals surface area contributed by atoms with Crippen molar-refractivity contribution in [3.05, 3.63) is 69.6 Å². The summed E-state index contributed by atoms with van der Waals surface area (Å²) in [7, 11) is -1.21. The van der Waals surface area contributed by atoms with E-state index < -0.39 is 28.1 Å². The van der Waals surface area contributed by atoms with Gasteiger partial charge in [-0.05, 0) is 35.2 Å². The van der Waals surface area contributed by atoms with Crippen LogP contribution in [0.25, 0.3) is 10.6 Å². The number of nitrogens with zero attached hydrogens (tertiary/aromatic N) is 2. The molecule has 1 aromatic carbocycles. The number of hydrogen-bond donors (Lipinski definition) is 0. The molecule has 0 amide bonds. The van der Waals surface area contributed by atoms with Gasteiger partial charge in [0.15, 0.2) is 0 Å². The summed E-state index contributed by atoms with van der Waals surface area (Å²) in [5, 5.41) is 11.7. The Bertz CT molecular complexity index is 1080. The number of aromatic nitrogens is 1. The predicted molar refractivity (Wildman–Crippen MR) is 116 cm³/mol. The molecule has 0 radical (unpaired) electrons. The highest BCUT2D eigenvalue weighted by atomic mass is 35.5. The molecule has 1 atom stereocenters. The highest BCUT2D eigenvalue weighted by Crippen LogP contribution is 2.38. The summed E-state index contributed by atoms with van der Waals surface area (Å²) in [5.41, 5.74) is -0.483. The maximum Gasteiger partial charge on any atom is 0.417 e. The van der Waals surface area contributed by atoms with Gasteiger partial charge in [-0.1, -0.05) is 29.8 Å². The number of halogens is 4. The van der Waals surface area contributed by atoms with Gasteiger partial charge in [0.2, 0.25) is 0 Å². The molecular formula is C20H14ClF3N2OS3. The quantitative estimate of drug-likeness (QED) is 0.363. The molecule has 0 aliphatic rings. The lowest BCUT2D eigenvalue weighted by atomic mass is 10.1. The summed E-state index contributed by atoms with van der Waals surface area (Å²) in [5.74, 6) is 0.844. The number of thiophene rings is 1. The number of hydrogen-bond acceptors (Lipinski definition) is 5. The summed E-state index contributed by atoms with van der Waals surface area (Å²) >= 11 is 8.11. The van der Waals surface area contributed by atoms with Crippen LogP contribution in [0, 0.1) is 11.3 Å². The fourth-order valence-corrected chi connectivity index (χ4v) is 5.83. The minimum absolute atomic E-state index is 0.000724. The Morgan fingerprint density at radius 3 is 2.57 bits per heavy atom. The molecule has 2 heterocycles. The lowest BCUT2D eigenvalue weighted by molar-refractivity contribution is -0.138. The van der Waals surface area contributed by atoms with Crippen LogP contribution >= 0.6 is 34.7 Å². The first-order valence-electron chi connectivity index (χ1n) is 8.56. The van der Waals surface area contributed by atoms with Gasteiger partial charge in [-0.2, -0.15) is 18.4 Å². The van der Waals surface area contributed by atoms with Crippen molar-refractivity contribution in [3.63, 3.8) is 0 Å². The van der Waals surface area contributed by atoms with E-state index in [9.17, 15) is 22.6 Å². The number of nitriles is 1. The minimum Gasteiger partial charge on any atom is -0.259 e. The van der Waals surface area contributed by atoms with Crippen molar-refractivity contribution in [1.29, 1.82) is 5.26 Å². The summed E-state index contributed by atoms with van der Waals surface area (Å²) < 4.78 is 52.9. The molecule has 3 nitrogen and oxygen atoms in total. The van der Waals surface area contributed by atoms with Crippen LogP contribution in [0.15, 0.2) is 52.9 Å². The molecule has 0 saturated carbocycles. The second-order valence-corrected chi connectivity index (χ2v) is 10.1. The Kier molecular flexibility index (Phi) is 7.58. The number of alkyl halides is 3. The number of thioether (sulfide) groups is 1. The highest BCUT2D eigenvalue weighted by Gasteiger charge is 2.36. The smallest absolute Gasteiger partial charge is 0.259 e. The van der Waals surface area contributed by atoms with Crippen molar-refractivity contribution in [2.24, 2.45) is 0 Å². The lowest BCUT2D eigenvalue weighted by Crippen LogP contribution is -2.11. The summed E-state index contributed by atoms with van der Waals surface area (Å²) in [6, 6.07) is 12.9. The van der Waals surface area contributed by atoms with Gasteiger partial charge in [0.25, 0.3) is 0 Å². The third kappa shape index (κ3) is 5.85. The predicted octanol–water partition coefficient (Wildman–Crippen LogP) is 6.39. The van der Waals surface area contributed by atoms with E-state index in [4.69, 9.17) is 11.6 Å². The summed E-state index contributed by atoms with van der Waals surface area (Å²) in [6.07, 6.45) is -4.67. The molecule has 156 valence electrons. The number of pyridine rings is 1. The maximum absolute atomic E-state index is 13.5. The molecule has 30 heavy (non-hydrogen) atoms. The van der Waals surface area contributed by atoms with E-state index in [1.54, 1.807) is 47.8 Å². The molecule has 0 aliphatic carbocycles. The molecule has 10 heteroatoms. The summed E-state index contributed by atoms with van der Waals surface area (Å²) in [6.45, 7) is 0. The van der Waals surface area contributed by atoms with Crippen LogP contribution < -0.4 is 0 Å². The first-order chi connectivity index (χ1) is 14.3. The Hall–Kier alpha value is -1.86.